The van der Waals surface area contributed by atoms with Gasteiger partial charge in [-0.1, -0.05) is 78.9 Å². The number of carbonyl (C=O) groups is 1. The minimum absolute atomic E-state index is 0.172. The molecule has 3 aromatic carbocycles. The van der Waals surface area contributed by atoms with Gasteiger partial charge in [-0.3, -0.25) is 4.79 Å². The van der Waals surface area contributed by atoms with Gasteiger partial charge in [0.15, 0.2) is 5.76 Å². The Morgan fingerprint density at radius 3 is 2.03 bits per heavy atom. The van der Waals surface area contributed by atoms with Crippen LogP contribution in [0.4, 0.5) is 0 Å². The Morgan fingerprint density at radius 1 is 0.824 bits per heavy atom. The first-order chi connectivity index (χ1) is 16.8. The summed E-state index contributed by atoms with van der Waals surface area (Å²) in [6.45, 7) is 0.531. The molecule has 0 radical (unpaired) electrons. The van der Waals surface area contributed by atoms with Crippen LogP contribution in [0.25, 0.3) is 17.1 Å². The average molecular weight is 448 g/mol. The summed E-state index contributed by atoms with van der Waals surface area (Å²) in [7, 11) is 0. The molecule has 0 atom stereocenters. The lowest BCUT2D eigenvalue weighted by Gasteiger charge is -2.18. The molecule has 0 aliphatic heterocycles. The molecule has 0 fully saturated rings. The van der Waals surface area contributed by atoms with Crippen molar-refractivity contribution in [3.05, 3.63) is 132 Å². The van der Waals surface area contributed by atoms with E-state index in [9.17, 15) is 4.79 Å². The summed E-state index contributed by atoms with van der Waals surface area (Å²) in [6.07, 6.45) is 2.38. The fraction of sp³-hybridized carbons (Fsp3) is 0.103. The van der Waals surface area contributed by atoms with Crippen molar-refractivity contribution in [1.82, 2.24) is 15.1 Å². The van der Waals surface area contributed by atoms with Crippen LogP contribution >= 0.6 is 0 Å². The van der Waals surface area contributed by atoms with Gasteiger partial charge in [0.2, 0.25) is 0 Å². The number of amides is 1. The van der Waals surface area contributed by atoms with Crippen LogP contribution in [0.3, 0.4) is 0 Å². The molecule has 2 aromatic heterocycles. The normalized spacial score (nSPS) is 11.0. The molecule has 0 bridgehead atoms. The Labute approximate surface area is 198 Å². The summed E-state index contributed by atoms with van der Waals surface area (Å²) in [5.74, 6) is 0.645. The SMILES string of the molecule is O=C(NCCC(c1ccccc1)c1ccccc1)c1cc(-c2ccco2)nn1-c1ccccc1. The summed E-state index contributed by atoms with van der Waals surface area (Å²) >= 11 is 0. The molecule has 5 nitrogen and oxygen atoms in total. The molecule has 5 rings (SSSR count). The fourth-order valence-corrected chi connectivity index (χ4v) is 4.17. The summed E-state index contributed by atoms with van der Waals surface area (Å²) in [4.78, 5) is 13.3. The molecule has 2 heterocycles. The Morgan fingerprint density at radius 2 is 1.44 bits per heavy atom. The lowest BCUT2D eigenvalue weighted by atomic mass is 9.88. The third-order valence-electron chi connectivity index (χ3n) is 5.84. The van der Waals surface area contributed by atoms with Crippen LogP contribution in [0.5, 0.6) is 0 Å². The van der Waals surface area contributed by atoms with Crippen molar-refractivity contribution in [3.8, 4) is 17.1 Å². The molecule has 5 heteroatoms. The number of aromatic nitrogens is 2. The number of nitrogens with one attached hydrogen (secondary N) is 1. The maximum Gasteiger partial charge on any atom is 0.270 e. The number of rotatable bonds is 8. The number of furan rings is 1. The molecule has 0 saturated heterocycles. The number of hydrogen-bond donors (Lipinski definition) is 1. The molecule has 34 heavy (non-hydrogen) atoms. The van der Waals surface area contributed by atoms with Crippen molar-refractivity contribution in [2.24, 2.45) is 0 Å². The molecule has 0 aliphatic carbocycles. The van der Waals surface area contributed by atoms with Crippen molar-refractivity contribution in [2.75, 3.05) is 6.54 Å². The van der Waals surface area contributed by atoms with Crippen LogP contribution in [0.1, 0.15) is 34.0 Å². The largest absolute Gasteiger partial charge is 0.463 e. The van der Waals surface area contributed by atoms with Crippen molar-refractivity contribution in [1.29, 1.82) is 0 Å². The Balaban J connectivity index is 1.37. The summed E-state index contributed by atoms with van der Waals surface area (Å²) in [5, 5.41) is 7.75. The highest BCUT2D eigenvalue weighted by Crippen LogP contribution is 2.27. The van der Waals surface area contributed by atoms with Crippen LogP contribution in [0.2, 0.25) is 0 Å². The Kier molecular flexibility index (Phi) is 6.34. The van der Waals surface area contributed by atoms with E-state index in [4.69, 9.17) is 4.42 Å². The van der Waals surface area contributed by atoms with E-state index < -0.39 is 0 Å². The van der Waals surface area contributed by atoms with E-state index in [0.29, 0.717) is 23.7 Å². The van der Waals surface area contributed by atoms with Gasteiger partial charge in [-0.05, 0) is 41.8 Å². The molecule has 0 spiro atoms. The molecular weight excluding hydrogens is 422 g/mol. The summed E-state index contributed by atoms with van der Waals surface area (Å²) < 4.78 is 7.17. The summed E-state index contributed by atoms with van der Waals surface area (Å²) in [6, 6.07) is 35.9. The first kappa shape index (κ1) is 21.5. The maximum absolute atomic E-state index is 13.3. The molecule has 0 aliphatic rings. The number of nitrogens with zero attached hydrogens (tertiary/aromatic N) is 2. The van der Waals surface area contributed by atoms with E-state index in [2.05, 4.69) is 58.9 Å². The molecule has 0 unspecified atom stereocenters. The lowest BCUT2D eigenvalue weighted by Crippen LogP contribution is -2.28. The van der Waals surface area contributed by atoms with Gasteiger partial charge in [-0.25, -0.2) is 4.68 Å². The quantitative estimate of drug-likeness (QED) is 0.313. The van der Waals surface area contributed by atoms with E-state index in [1.807, 2.05) is 54.6 Å². The topological polar surface area (TPSA) is 60.1 Å². The van der Waals surface area contributed by atoms with Crippen LogP contribution in [0.15, 0.2) is 120 Å². The maximum atomic E-state index is 13.3. The molecule has 168 valence electrons. The third-order valence-corrected chi connectivity index (χ3v) is 5.84. The highest BCUT2D eigenvalue weighted by Gasteiger charge is 2.20. The second kappa shape index (κ2) is 10.0. The predicted molar refractivity (Wildman–Crippen MR) is 133 cm³/mol. The van der Waals surface area contributed by atoms with Gasteiger partial charge in [0.1, 0.15) is 11.4 Å². The standard InChI is InChI=1S/C29H25N3O2/c33-29(30-19-18-25(22-11-4-1-5-12-22)23-13-6-2-7-14-23)27-21-26(28-17-10-20-34-28)31-32(27)24-15-8-3-9-16-24/h1-17,20-21,25H,18-19H2,(H,30,33). The minimum Gasteiger partial charge on any atom is -0.463 e. The van der Waals surface area contributed by atoms with E-state index >= 15 is 0 Å². The van der Waals surface area contributed by atoms with E-state index in [1.54, 1.807) is 17.0 Å². The monoisotopic (exact) mass is 447 g/mol. The zero-order valence-electron chi connectivity index (χ0n) is 18.7. The zero-order valence-corrected chi connectivity index (χ0v) is 18.7. The van der Waals surface area contributed by atoms with E-state index in [0.717, 1.165) is 12.1 Å². The number of benzene rings is 3. The molecule has 1 N–H and O–H groups in total. The van der Waals surface area contributed by atoms with Crippen molar-refractivity contribution in [2.45, 2.75) is 12.3 Å². The number of para-hydroxylation sites is 1. The van der Waals surface area contributed by atoms with Crippen molar-refractivity contribution < 1.29 is 9.21 Å². The Bertz CT molecular complexity index is 1290. The van der Waals surface area contributed by atoms with Crippen LogP contribution in [0, 0.1) is 0 Å². The van der Waals surface area contributed by atoms with Gasteiger partial charge in [-0.2, -0.15) is 5.10 Å². The van der Waals surface area contributed by atoms with Crippen LogP contribution in [-0.4, -0.2) is 22.2 Å². The first-order valence-electron chi connectivity index (χ1n) is 11.4. The molecular formula is C29H25N3O2. The highest BCUT2D eigenvalue weighted by molar-refractivity contribution is 5.94. The van der Waals surface area contributed by atoms with Gasteiger partial charge >= 0.3 is 0 Å². The minimum atomic E-state index is -0.172. The molecule has 5 aromatic rings. The summed E-state index contributed by atoms with van der Waals surface area (Å²) in [5.41, 5.74) is 4.37. The van der Waals surface area contributed by atoms with Gasteiger partial charge in [0.05, 0.1) is 12.0 Å². The Hall–Kier alpha value is -4.38. The fourth-order valence-electron chi connectivity index (χ4n) is 4.17. The van der Waals surface area contributed by atoms with Crippen molar-refractivity contribution in [3.63, 3.8) is 0 Å². The molecule has 0 saturated carbocycles. The van der Waals surface area contributed by atoms with Crippen LogP contribution in [-0.2, 0) is 0 Å². The average Bonchev–Trinajstić information content (AvgIpc) is 3.59. The number of hydrogen-bond acceptors (Lipinski definition) is 3. The predicted octanol–water partition coefficient (Wildman–Crippen LogP) is 6.08. The first-order valence-corrected chi connectivity index (χ1v) is 11.4. The van der Waals surface area contributed by atoms with E-state index in [-0.39, 0.29) is 11.8 Å². The smallest absolute Gasteiger partial charge is 0.270 e. The second-order valence-electron chi connectivity index (χ2n) is 8.06. The van der Waals surface area contributed by atoms with Crippen molar-refractivity contribution >= 4 is 5.91 Å². The van der Waals surface area contributed by atoms with Gasteiger partial charge in [-0.15, -0.1) is 0 Å². The molecule has 1 amide bonds. The van der Waals surface area contributed by atoms with E-state index in [1.165, 1.54) is 11.1 Å². The van der Waals surface area contributed by atoms with Gasteiger partial charge in [0.25, 0.3) is 5.91 Å². The third kappa shape index (κ3) is 4.69. The van der Waals surface area contributed by atoms with Crippen LogP contribution < -0.4 is 5.32 Å². The second-order valence-corrected chi connectivity index (χ2v) is 8.06. The number of carbonyl (C=O) groups excluding carboxylic acids is 1. The lowest BCUT2D eigenvalue weighted by molar-refractivity contribution is 0.0945. The highest BCUT2D eigenvalue weighted by atomic mass is 16.3. The zero-order chi connectivity index (χ0) is 23.2. The van der Waals surface area contributed by atoms with Gasteiger partial charge < -0.3 is 9.73 Å². The van der Waals surface area contributed by atoms with Gasteiger partial charge in [0, 0.05) is 18.5 Å².